The number of hydrogen-bond donors (Lipinski definition) is 2. The molecule has 0 fully saturated rings. The molecule has 0 saturated carbocycles. The quantitative estimate of drug-likeness (QED) is 0.849. The molecular formula is C12H12N4O2. The highest BCUT2D eigenvalue weighted by Crippen LogP contribution is 2.12. The molecule has 0 bridgehead atoms. The minimum Gasteiger partial charge on any atom is -0.481 e. The highest BCUT2D eigenvalue weighted by molar-refractivity contribution is 6.02. The van der Waals surface area contributed by atoms with Crippen LogP contribution in [-0.2, 0) is 0 Å². The first kappa shape index (κ1) is 11.8. The van der Waals surface area contributed by atoms with E-state index in [1.165, 1.54) is 13.3 Å². The third kappa shape index (κ3) is 2.73. The second-order valence-corrected chi connectivity index (χ2v) is 3.49. The Morgan fingerprint density at radius 3 is 2.78 bits per heavy atom. The van der Waals surface area contributed by atoms with Crippen LogP contribution in [0.2, 0.25) is 0 Å². The highest BCUT2D eigenvalue weighted by atomic mass is 16.5. The number of carbonyl (C=O) groups is 1. The van der Waals surface area contributed by atoms with E-state index in [9.17, 15) is 4.79 Å². The second kappa shape index (κ2) is 5.13. The van der Waals surface area contributed by atoms with E-state index in [1.54, 1.807) is 30.3 Å². The van der Waals surface area contributed by atoms with Crippen LogP contribution in [0.4, 0.5) is 11.5 Å². The Balaban J connectivity index is 2.11. The standard InChI is InChI=1S/C12H12N4O2/c1-18-11-6-5-8(7-14-11)15-12(17)9-3-2-4-10(13)16-9/h2-7H,1H3,(H2,13,16)(H,15,17). The van der Waals surface area contributed by atoms with E-state index in [4.69, 9.17) is 10.5 Å². The Labute approximate surface area is 104 Å². The molecule has 0 aromatic carbocycles. The molecule has 2 aromatic heterocycles. The summed E-state index contributed by atoms with van der Waals surface area (Å²) in [5.41, 5.74) is 6.32. The zero-order valence-corrected chi connectivity index (χ0v) is 9.75. The van der Waals surface area contributed by atoms with E-state index in [-0.39, 0.29) is 11.6 Å². The molecule has 0 atom stereocenters. The van der Waals surface area contributed by atoms with Gasteiger partial charge in [0.25, 0.3) is 5.91 Å². The number of nitrogen functional groups attached to an aromatic ring is 1. The Kier molecular flexibility index (Phi) is 3.38. The topological polar surface area (TPSA) is 90.1 Å². The Morgan fingerprint density at radius 2 is 2.17 bits per heavy atom. The lowest BCUT2D eigenvalue weighted by molar-refractivity contribution is 0.102. The monoisotopic (exact) mass is 244 g/mol. The number of hydrogen-bond acceptors (Lipinski definition) is 5. The molecule has 0 aliphatic rings. The number of nitrogens with one attached hydrogen (secondary N) is 1. The molecule has 0 radical (unpaired) electrons. The number of pyridine rings is 2. The van der Waals surface area contributed by atoms with Crippen LogP contribution in [0.1, 0.15) is 10.5 Å². The number of carbonyl (C=O) groups excluding carboxylic acids is 1. The first-order valence-corrected chi connectivity index (χ1v) is 5.23. The SMILES string of the molecule is COc1ccc(NC(=O)c2cccc(N)n2)cn1. The fraction of sp³-hybridized carbons (Fsp3) is 0.0833. The Morgan fingerprint density at radius 1 is 1.33 bits per heavy atom. The first-order chi connectivity index (χ1) is 8.69. The van der Waals surface area contributed by atoms with Crippen LogP contribution < -0.4 is 15.8 Å². The summed E-state index contributed by atoms with van der Waals surface area (Å²) in [5, 5.41) is 2.66. The van der Waals surface area contributed by atoms with Crippen molar-refractivity contribution >= 4 is 17.4 Å². The maximum atomic E-state index is 11.8. The summed E-state index contributed by atoms with van der Waals surface area (Å²) in [4.78, 5) is 19.7. The van der Waals surface area contributed by atoms with Gasteiger partial charge in [0.1, 0.15) is 11.5 Å². The van der Waals surface area contributed by atoms with Gasteiger partial charge in [-0.15, -0.1) is 0 Å². The number of aromatic nitrogens is 2. The lowest BCUT2D eigenvalue weighted by Gasteiger charge is -2.05. The van der Waals surface area contributed by atoms with Crippen LogP contribution in [0.15, 0.2) is 36.5 Å². The fourth-order valence-corrected chi connectivity index (χ4v) is 1.35. The minimum absolute atomic E-state index is 0.255. The predicted octanol–water partition coefficient (Wildman–Crippen LogP) is 1.32. The summed E-state index contributed by atoms with van der Waals surface area (Å²) in [5.74, 6) is 0.444. The summed E-state index contributed by atoms with van der Waals surface area (Å²) < 4.78 is 4.92. The highest BCUT2D eigenvalue weighted by Gasteiger charge is 2.07. The molecule has 0 aliphatic carbocycles. The average Bonchev–Trinajstić information content (AvgIpc) is 2.39. The summed E-state index contributed by atoms with van der Waals surface area (Å²) in [6.07, 6.45) is 1.50. The predicted molar refractivity (Wildman–Crippen MR) is 67.4 cm³/mol. The van der Waals surface area contributed by atoms with Crippen molar-refractivity contribution in [3.8, 4) is 5.88 Å². The van der Waals surface area contributed by atoms with E-state index >= 15 is 0 Å². The fourth-order valence-electron chi connectivity index (χ4n) is 1.35. The van der Waals surface area contributed by atoms with Gasteiger partial charge >= 0.3 is 0 Å². The molecule has 3 N–H and O–H groups in total. The van der Waals surface area contributed by atoms with Crippen LogP contribution >= 0.6 is 0 Å². The number of nitrogens with two attached hydrogens (primary N) is 1. The molecule has 0 aliphatic heterocycles. The first-order valence-electron chi connectivity index (χ1n) is 5.23. The van der Waals surface area contributed by atoms with Crippen molar-refractivity contribution < 1.29 is 9.53 Å². The van der Waals surface area contributed by atoms with E-state index in [2.05, 4.69) is 15.3 Å². The van der Waals surface area contributed by atoms with Crippen molar-refractivity contribution in [2.24, 2.45) is 0 Å². The molecule has 0 unspecified atom stereocenters. The molecule has 2 aromatic rings. The van der Waals surface area contributed by atoms with Gasteiger partial charge in [-0.3, -0.25) is 4.79 Å². The second-order valence-electron chi connectivity index (χ2n) is 3.49. The van der Waals surface area contributed by atoms with E-state index < -0.39 is 0 Å². The van der Waals surface area contributed by atoms with Crippen LogP contribution in [0, 0.1) is 0 Å². The van der Waals surface area contributed by atoms with Gasteiger partial charge in [-0.25, -0.2) is 9.97 Å². The Hall–Kier alpha value is -2.63. The van der Waals surface area contributed by atoms with Crippen molar-refractivity contribution in [2.45, 2.75) is 0 Å². The minimum atomic E-state index is -0.339. The van der Waals surface area contributed by atoms with Crippen LogP contribution in [0.5, 0.6) is 5.88 Å². The zero-order chi connectivity index (χ0) is 13.0. The average molecular weight is 244 g/mol. The summed E-state index contributed by atoms with van der Waals surface area (Å²) in [6, 6.07) is 8.22. The third-order valence-corrected chi connectivity index (χ3v) is 2.21. The van der Waals surface area contributed by atoms with Gasteiger partial charge in [-0.1, -0.05) is 6.07 Å². The molecule has 0 spiro atoms. The lowest BCUT2D eigenvalue weighted by atomic mass is 10.3. The maximum Gasteiger partial charge on any atom is 0.274 e. The van der Waals surface area contributed by atoms with Gasteiger partial charge in [0, 0.05) is 6.07 Å². The number of methoxy groups -OCH3 is 1. The smallest absolute Gasteiger partial charge is 0.274 e. The summed E-state index contributed by atoms with van der Waals surface area (Å²) in [6.45, 7) is 0. The van der Waals surface area contributed by atoms with Gasteiger partial charge in [0.2, 0.25) is 5.88 Å². The normalized spacial score (nSPS) is 9.83. The van der Waals surface area contributed by atoms with Crippen molar-refractivity contribution in [1.82, 2.24) is 9.97 Å². The van der Waals surface area contributed by atoms with E-state index in [0.717, 1.165) is 0 Å². The van der Waals surface area contributed by atoms with Crippen molar-refractivity contribution in [2.75, 3.05) is 18.2 Å². The van der Waals surface area contributed by atoms with Gasteiger partial charge in [-0.2, -0.15) is 0 Å². The van der Waals surface area contributed by atoms with Gasteiger partial charge in [0.05, 0.1) is 19.0 Å². The molecule has 1 amide bonds. The van der Waals surface area contributed by atoms with E-state index in [1.807, 2.05) is 0 Å². The number of anilines is 2. The number of rotatable bonds is 3. The number of amides is 1. The molecule has 6 nitrogen and oxygen atoms in total. The number of ether oxygens (including phenoxy) is 1. The Bertz CT molecular complexity index is 554. The molecule has 2 heterocycles. The van der Waals surface area contributed by atoms with Crippen molar-refractivity contribution in [3.63, 3.8) is 0 Å². The third-order valence-electron chi connectivity index (χ3n) is 2.21. The van der Waals surface area contributed by atoms with Crippen LogP contribution in [-0.4, -0.2) is 23.0 Å². The molecular weight excluding hydrogens is 232 g/mol. The molecule has 0 saturated heterocycles. The summed E-state index contributed by atoms with van der Waals surface area (Å²) in [7, 11) is 1.53. The molecule has 18 heavy (non-hydrogen) atoms. The molecule has 6 heteroatoms. The molecule has 2 rings (SSSR count). The summed E-state index contributed by atoms with van der Waals surface area (Å²) >= 11 is 0. The van der Waals surface area contributed by atoms with Gasteiger partial charge in [0.15, 0.2) is 0 Å². The number of nitrogens with zero attached hydrogens (tertiary/aromatic N) is 2. The largest absolute Gasteiger partial charge is 0.481 e. The van der Waals surface area contributed by atoms with Gasteiger partial charge < -0.3 is 15.8 Å². The van der Waals surface area contributed by atoms with E-state index in [0.29, 0.717) is 17.4 Å². The molecule has 92 valence electrons. The lowest BCUT2D eigenvalue weighted by Crippen LogP contribution is -2.14. The van der Waals surface area contributed by atoms with Gasteiger partial charge in [-0.05, 0) is 18.2 Å². The van der Waals surface area contributed by atoms with Crippen molar-refractivity contribution in [3.05, 3.63) is 42.2 Å². The zero-order valence-electron chi connectivity index (χ0n) is 9.75. The van der Waals surface area contributed by atoms with Crippen molar-refractivity contribution in [1.29, 1.82) is 0 Å². The van der Waals surface area contributed by atoms with Crippen LogP contribution in [0.25, 0.3) is 0 Å². The van der Waals surface area contributed by atoms with Crippen LogP contribution in [0.3, 0.4) is 0 Å². The maximum absolute atomic E-state index is 11.8.